The number of benzene rings is 2. The predicted octanol–water partition coefficient (Wildman–Crippen LogP) is 3.88. The summed E-state index contributed by atoms with van der Waals surface area (Å²) in [4.78, 5) is 4.20. The summed E-state index contributed by atoms with van der Waals surface area (Å²) >= 11 is 0. The molecule has 0 radical (unpaired) electrons. The number of phenolic OH excluding ortho intramolecular Hbond substituents is 1. The molecule has 3 rings (SSSR count). The summed E-state index contributed by atoms with van der Waals surface area (Å²) in [6.45, 7) is 4.31. The number of rotatable bonds is 7. The third-order valence-corrected chi connectivity index (χ3v) is 4.81. The summed E-state index contributed by atoms with van der Waals surface area (Å²) in [5, 5.41) is 15.7. The molecule has 1 atom stereocenters. The first-order chi connectivity index (χ1) is 14.0. The Balaban J connectivity index is 0.00000320. The molecule has 0 spiro atoms. The van der Waals surface area contributed by atoms with Crippen LogP contribution in [0.5, 0.6) is 11.5 Å². The summed E-state index contributed by atoms with van der Waals surface area (Å²) in [6.07, 6.45) is 2.29. The number of aliphatic imine (C=N–C) groups is 1. The van der Waals surface area contributed by atoms with E-state index in [4.69, 9.17) is 9.47 Å². The Labute approximate surface area is 193 Å². The Morgan fingerprint density at radius 2 is 2.03 bits per heavy atom. The fourth-order valence-corrected chi connectivity index (χ4v) is 3.15. The Kier molecular flexibility index (Phi) is 9.64. The molecule has 1 aliphatic rings. The lowest BCUT2D eigenvalue weighted by molar-refractivity contribution is 0.0676. The molecule has 1 fully saturated rings. The Hall–Kier alpha value is -2.07. The second-order valence-corrected chi connectivity index (χ2v) is 7.12. The zero-order valence-electron chi connectivity index (χ0n) is 17.3. The number of guanidine groups is 1. The molecule has 30 heavy (non-hydrogen) atoms. The number of hydrogen-bond acceptors (Lipinski definition) is 4. The number of aromatic hydroxyl groups is 1. The van der Waals surface area contributed by atoms with Crippen molar-refractivity contribution >= 4 is 29.9 Å². The molecule has 1 saturated heterocycles. The second-order valence-electron chi connectivity index (χ2n) is 7.12. The van der Waals surface area contributed by atoms with E-state index in [9.17, 15) is 9.50 Å². The maximum absolute atomic E-state index is 13.5. The van der Waals surface area contributed by atoms with Crippen molar-refractivity contribution in [1.82, 2.24) is 10.6 Å². The van der Waals surface area contributed by atoms with Crippen molar-refractivity contribution in [3.8, 4) is 11.5 Å². The zero-order chi connectivity index (χ0) is 20.6. The van der Waals surface area contributed by atoms with Crippen LogP contribution in [0, 0.1) is 12.7 Å². The number of phenols is 1. The molecular formula is C22H29FIN3O3. The van der Waals surface area contributed by atoms with Gasteiger partial charge in [0, 0.05) is 32.3 Å². The Morgan fingerprint density at radius 3 is 2.73 bits per heavy atom. The molecule has 6 nitrogen and oxygen atoms in total. The van der Waals surface area contributed by atoms with Crippen molar-refractivity contribution in [2.75, 3.05) is 20.3 Å². The van der Waals surface area contributed by atoms with Gasteiger partial charge in [0.25, 0.3) is 0 Å². The molecule has 0 amide bonds. The number of hydrogen-bond donors (Lipinski definition) is 3. The number of nitrogens with one attached hydrogen (secondary N) is 2. The van der Waals surface area contributed by atoms with E-state index in [1.807, 2.05) is 25.1 Å². The predicted molar refractivity (Wildman–Crippen MR) is 126 cm³/mol. The number of halogens is 2. The lowest BCUT2D eigenvalue weighted by atomic mass is 10.1. The minimum Gasteiger partial charge on any atom is -0.505 e. The fraction of sp³-hybridized carbons (Fsp3) is 0.409. The van der Waals surface area contributed by atoms with Crippen LogP contribution in [0.2, 0.25) is 0 Å². The summed E-state index contributed by atoms with van der Waals surface area (Å²) in [5.41, 5.74) is 2.86. The quantitative estimate of drug-likeness (QED) is 0.289. The van der Waals surface area contributed by atoms with Gasteiger partial charge < -0.3 is 25.2 Å². The smallest absolute Gasteiger partial charge is 0.191 e. The van der Waals surface area contributed by atoms with Gasteiger partial charge in [0.1, 0.15) is 12.4 Å². The standard InChI is InChI=1S/C22H28FN3O3.HI/c1-15-5-7-17(21(10-15)29-14-18-4-3-9-28-18)13-26-22(24-2)25-12-16-6-8-20(27)19(23)11-16;/h5-8,10-11,18,27H,3-4,9,12-14H2,1-2H3,(H2,24,25,26);1H. The van der Waals surface area contributed by atoms with Gasteiger partial charge >= 0.3 is 0 Å². The highest BCUT2D eigenvalue weighted by atomic mass is 127. The first-order valence-corrected chi connectivity index (χ1v) is 9.81. The average Bonchev–Trinajstić information content (AvgIpc) is 3.24. The van der Waals surface area contributed by atoms with Gasteiger partial charge in [0.15, 0.2) is 17.5 Å². The number of nitrogens with zero attached hydrogens (tertiary/aromatic N) is 1. The van der Waals surface area contributed by atoms with Gasteiger partial charge in [-0.3, -0.25) is 4.99 Å². The van der Waals surface area contributed by atoms with E-state index in [0.29, 0.717) is 31.2 Å². The van der Waals surface area contributed by atoms with E-state index in [1.165, 1.54) is 12.1 Å². The van der Waals surface area contributed by atoms with E-state index in [2.05, 4.69) is 15.6 Å². The number of aryl methyl sites for hydroxylation is 1. The average molecular weight is 529 g/mol. The zero-order valence-corrected chi connectivity index (χ0v) is 19.6. The van der Waals surface area contributed by atoms with Crippen LogP contribution in [0.4, 0.5) is 4.39 Å². The minimum absolute atomic E-state index is 0. The highest BCUT2D eigenvalue weighted by Gasteiger charge is 2.17. The van der Waals surface area contributed by atoms with E-state index >= 15 is 0 Å². The molecule has 1 heterocycles. The molecule has 1 unspecified atom stereocenters. The summed E-state index contributed by atoms with van der Waals surface area (Å²) < 4.78 is 25.1. The lowest BCUT2D eigenvalue weighted by Crippen LogP contribution is -2.36. The monoisotopic (exact) mass is 529 g/mol. The summed E-state index contributed by atoms with van der Waals surface area (Å²) in [5.74, 6) is 0.430. The van der Waals surface area contributed by atoms with Crippen molar-refractivity contribution < 1.29 is 19.0 Å². The van der Waals surface area contributed by atoms with Gasteiger partial charge in [-0.25, -0.2) is 4.39 Å². The maximum Gasteiger partial charge on any atom is 0.191 e. The first-order valence-electron chi connectivity index (χ1n) is 9.81. The van der Waals surface area contributed by atoms with Gasteiger partial charge in [0.05, 0.1) is 6.10 Å². The van der Waals surface area contributed by atoms with E-state index in [1.54, 1.807) is 13.1 Å². The van der Waals surface area contributed by atoms with Crippen molar-refractivity contribution in [3.05, 3.63) is 58.9 Å². The molecule has 0 bridgehead atoms. The molecule has 2 aromatic rings. The number of ether oxygens (including phenoxy) is 2. The fourth-order valence-electron chi connectivity index (χ4n) is 3.15. The Bertz CT molecular complexity index is 858. The van der Waals surface area contributed by atoms with Gasteiger partial charge in [-0.15, -0.1) is 24.0 Å². The first kappa shape index (κ1) is 24.2. The van der Waals surface area contributed by atoms with E-state index < -0.39 is 5.82 Å². The minimum atomic E-state index is -0.639. The molecule has 8 heteroatoms. The van der Waals surface area contributed by atoms with Crippen molar-refractivity contribution in [2.45, 2.75) is 39.0 Å². The maximum atomic E-state index is 13.5. The normalized spacial score (nSPS) is 16.1. The lowest BCUT2D eigenvalue weighted by Gasteiger charge is -2.17. The molecule has 1 aliphatic heterocycles. The van der Waals surface area contributed by atoms with Crippen LogP contribution in [-0.4, -0.2) is 37.4 Å². The van der Waals surface area contributed by atoms with Crippen LogP contribution in [0.25, 0.3) is 0 Å². The van der Waals surface area contributed by atoms with E-state index in [0.717, 1.165) is 36.3 Å². The molecule has 2 aromatic carbocycles. The van der Waals surface area contributed by atoms with Gasteiger partial charge in [-0.1, -0.05) is 18.2 Å². The SMILES string of the molecule is CN=C(NCc1ccc(O)c(F)c1)NCc1ccc(C)cc1OCC1CCCO1.I. The summed E-state index contributed by atoms with van der Waals surface area (Å²) in [7, 11) is 1.68. The largest absolute Gasteiger partial charge is 0.505 e. The van der Waals surface area contributed by atoms with Crippen LogP contribution in [0.1, 0.15) is 29.5 Å². The summed E-state index contributed by atoms with van der Waals surface area (Å²) in [6, 6.07) is 10.4. The molecular weight excluding hydrogens is 500 g/mol. The van der Waals surface area contributed by atoms with Crippen LogP contribution in [0.3, 0.4) is 0 Å². The van der Waals surface area contributed by atoms with E-state index in [-0.39, 0.29) is 35.8 Å². The topological polar surface area (TPSA) is 75.1 Å². The van der Waals surface area contributed by atoms with Gasteiger partial charge in [-0.05, 0) is 49.1 Å². The van der Waals surface area contributed by atoms with Crippen molar-refractivity contribution in [2.24, 2.45) is 4.99 Å². The van der Waals surface area contributed by atoms with Crippen LogP contribution < -0.4 is 15.4 Å². The molecule has 0 saturated carbocycles. The van der Waals surface area contributed by atoms with Gasteiger partial charge in [0.2, 0.25) is 0 Å². The molecule has 164 valence electrons. The van der Waals surface area contributed by atoms with Crippen molar-refractivity contribution in [1.29, 1.82) is 0 Å². The van der Waals surface area contributed by atoms with Gasteiger partial charge in [-0.2, -0.15) is 0 Å². The molecule has 3 N–H and O–H groups in total. The van der Waals surface area contributed by atoms with Crippen molar-refractivity contribution in [3.63, 3.8) is 0 Å². The Morgan fingerprint density at radius 1 is 1.23 bits per heavy atom. The molecule has 0 aliphatic carbocycles. The third-order valence-electron chi connectivity index (χ3n) is 4.81. The van der Waals surface area contributed by atoms with Crippen LogP contribution in [0.15, 0.2) is 41.4 Å². The third kappa shape index (κ3) is 7.02. The van der Waals surface area contributed by atoms with Crippen LogP contribution in [-0.2, 0) is 17.8 Å². The highest BCUT2D eigenvalue weighted by Crippen LogP contribution is 2.22. The highest BCUT2D eigenvalue weighted by molar-refractivity contribution is 14.0. The molecule has 0 aromatic heterocycles. The second kappa shape index (κ2) is 11.9. The van der Waals surface area contributed by atoms with Crippen LogP contribution >= 0.6 is 24.0 Å².